The van der Waals surface area contributed by atoms with Crippen LogP contribution in [0.2, 0.25) is 0 Å². The Morgan fingerprint density at radius 2 is 1.68 bits per heavy atom. The third-order valence-corrected chi connectivity index (χ3v) is 7.80. The Bertz CT molecular complexity index is 1360. The second-order valence-corrected chi connectivity index (χ2v) is 10.6. The van der Waals surface area contributed by atoms with Crippen molar-refractivity contribution >= 4 is 27.5 Å². The zero-order valence-electron chi connectivity index (χ0n) is 21.8. The first-order chi connectivity index (χ1) is 18.1. The van der Waals surface area contributed by atoms with Crippen LogP contribution in [0.15, 0.2) is 77.7 Å². The van der Waals surface area contributed by atoms with Crippen molar-refractivity contribution in [2.75, 3.05) is 24.5 Å². The summed E-state index contributed by atoms with van der Waals surface area (Å²) < 4.78 is 47.1. The highest BCUT2D eigenvalue weighted by molar-refractivity contribution is 7.92. The Labute approximate surface area is 223 Å². The third kappa shape index (κ3) is 6.89. The Kier molecular flexibility index (Phi) is 9.46. The van der Waals surface area contributed by atoms with Crippen molar-refractivity contribution in [2.24, 2.45) is 0 Å². The molecule has 1 N–H and O–H groups in total. The smallest absolute Gasteiger partial charge is 0.264 e. The fourth-order valence-corrected chi connectivity index (χ4v) is 5.26. The number of halogens is 1. The van der Waals surface area contributed by atoms with Gasteiger partial charge >= 0.3 is 0 Å². The van der Waals surface area contributed by atoms with Gasteiger partial charge < -0.3 is 15.0 Å². The minimum atomic E-state index is -4.25. The lowest BCUT2D eigenvalue weighted by atomic mass is 10.1. The minimum absolute atomic E-state index is 0.0483. The van der Waals surface area contributed by atoms with Crippen LogP contribution in [0.3, 0.4) is 0 Å². The van der Waals surface area contributed by atoms with E-state index in [2.05, 4.69) is 5.32 Å². The van der Waals surface area contributed by atoms with Crippen molar-refractivity contribution in [3.63, 3.8) is 0 Å². The summed E-state index contributed by atoms with van der Waals surface area (Å²) in [5.74, 6) is -0.951. The summed E-state index contributed by atoms with van der Waals surface area (Å²) in [5.41, 5.74) is 1.88. The van der Waals surface area contributed by atoms with Crippen LogP contribution >= 0.6 is 0 Å². The molecule has 0 aliphatic carbocycles. The monoisotopic (exact) mass is 541 g/mol. The highest BCUT2D eigenvalue weighted by Gasteiger charge is 2.32. The summed E-state index contributed by atoms with van der Waals surface area (Å²) in [6.45, 7) is 5.07. The molecule has 0 radical (unpaired) electrons. The van der Waals surface area contributed by atoms with Crippen LogP contribution in [0.25, 0.3) is 0 Å². The highest BCUT2D eigenvalue weighted by atomic mass is 32.2. The maximum absolute atomic E-state index is 13.8. The van der Waals surface area contributed by atoms with Crippen LogP contribution in [0.5, 0.6) is 5.75 Å². The van der Waals surface area contributed by atoms with Crippen LogP contribution in [0.1, 0.15) is 25.0 Å². The molecule has 0 spiro atoms. The zero-order valence-corrected chi connectivity index (χ0v) is 22.7. The maximum Gasteiger partial charge on any atom is 0.264 e. The summed E-state index contributed by atoms with van der Waals surface area (Å²) in [4.78, 5) is 27.7. The number of ether oxygens (including phenoxy) is 1. The van der Waals surface area contributed by atoms with Crippen molar-refractivity contribution in [2.45, 2.75) is 38.3 Å². The first-order valence-electron chi connectivity index (χ1n) is 12.1. The standard InChI is InChI=1S/C28H32FN3O5S/c1-5-30-28(34)21(3)31(18-22-7-6-8-25(17-22)37-4)27(33)19-32(24-13-9-20(2)10-14-24)38(35,36)26-15-11-23(29)12-16-26/h6-17,21H,5,18-19H2,1-4H3,(H,30,34)/t21-/m1/s1. The molecule has 202 valence electrons. The molecule has 2 amide bonds. The molecule has 0 unspecified atom stereocenters. The average Bonchev–Trinajstić information content (AvgIpc) is 2.91. The molecule has 0 aliphatic rings. The topological polar surface area (TPSA) is 96.0 Å². The molecule has 3 aromatic carbocycles. The van der Waals surface area contributed by atoms with Gasteiger partial charge in [-0.1, -0.05) is 29.8 Å². The summed E-state index contributed by atoms with van der Waals surface area (Å²) in [6.07, 6.45) is 0. The van der Waals surface area contributed by atoms with E-state index in [9.17, 15) is 22.4 Å². The Hall–Kier alpha value is -3.92. The summed E-state index contributed by atoms with van der Waals surface area (Å²) >= 11 is 0. The van der Waals surface area contributed by atoms with Gasteiger partial charge in [-0.05, 0) is 74.9 Å². The number of methoxy groups -OCH3 is 1. The molecule has 0 saturated heterocycles. The molecule has 38 heavy (non-hydrogen) atoms. The maximum atomic E-state index is 13.8. The number of aryl methyl sites for hydroxylation is 1. The van der Waals surface area contributed by atoms with E-state index in [0.29, 0.717) is 17.9 Å². The molecule has 1 atom stereocenters. The number of hydrogen-bond donors (Lipinski definition) is 1. The number of amides is 2. The van der Waals surface area contributed by atoms with Gasteiger partial charge in [0, 0.05) is 13.1 Å². The lowest BCUT2D eigenvalue weighted by Gasteiger charge is -2.32. The van der Waals surface area contributed by atoms with Gasteiger partial charge in [-0.15, -0.1) is 0 Å². The number of sulfonamides is 1. The molecule has 0 heterocycles. The van der Waals surface area contributed by atoms with Crippen molar-refractivity contribution in [3.05, 3.63) is 89.7 Å². The first-order valence-corrected chi connectivity index (χ1v) is 13.6. The van der Waals surface area contributed by atoms with Crippen LogP contribution < -0.4 is 14.4 Å². The van der Waals surface area contributed by atoms with E-state index in [1.54, 1.807) is 62.4 Å². The fourth-order valence-electron chi connectivity index (χ4n) is 3.85. The Balaban J connectivity index is 2.02. The highest BCUT2D eigenvalue weighted by Crippen LogP contribution is 2.25. The number of hydrogen-bond acceptors (Lipinski definition) is 5. The predicted molar refractivity (Wildman–Crippen MR) is 144 cm³/mol. The number of carbonyl (C=O) groups is 2. The van der Waals surface area contributed by atoms with Crippen LogP contribution in [-0.4, -0.2) is 51.4 Å². The van der Waals surface area contributed by atoms with Crippen molar-refractivity contribution in [3.8, 4) is 5.75 Å². The van der Waals surface area contributed by atoms with Gasteiger partial charge in [0.05, 0.1) is 17.7 Å². The average molecular weight is 542 g/mol. The molecule has 0 bridgehead atoms. The van der Waals surface area contributed by atoms with E-state index in [-0.39, 0.29) is 23.0 Å². The van der Waals surface area contributed by atoms with E-state index >= 15 is 0 Å². The Morgan fingerprint density at radius 3 is 2.29 bits per heavy atom. The third-order valence-electron chi connectivity index (χ3n) is 6.01. The van der Waals surface area contributed by atoms with Crippen molar-refractivity contribution in [1.29, 1.82) is 0 Å². The van der Waals surface area contributed by atoms with E-state index < -0.39 is 34.3 Å². The summed E-state index contributed by atoms with van der Waals surface area (Å²) in [7, 11) is -2.73. The number of benzene rings is 3. The number of rotatable bonds is 11. The van der Waals surface area contributed by atoms with Gasteiger partial charge in [-0.3, -0.25) is 13.9 Å². The molecular formula is C28H32FN3O5S. The molecule has 0 saturated carbocycles. The fraction of sp³-hybridized carbons (Fsp3) is 0.286. The molecule has 8 nitrogen and oxygen atoms in total. The lowest BCUT2D eigenvalue weighted by molar-refractivity contribution is -0.139. The van der Waals surface area contributed by atoms with Gasteiger partial charge in [-0.25, -0.2) is 12.8 Å². The number of nitrogens with one attached hydrogen (secondary N) is 1. The van der Waals surface area contributed by atoms with Crippen LogP contribution in [-0.2, 0) is 26.2 Å². The van der Waals surface area contributed by atoms with Crippen LogP contribution in [0.4, 0.5) is 10.1 Å². The number of likely N-dealkylation sites (N-methyl/N-ethyl adjacent to an activating group) is 1. The molecule has 3 aromatic rings. The molecular weight excluding hydrogens is 509 g/mol. The molecule has 0 aliphatic heterocycles. The quantitative estimate of drug-likeness (QED) is 0.397. The van der Waals surface area contributed by atoms with Gasteiger partial charge in [-0.2, -0.15) is 0 Å². The van der Waals surface area contributed by atoms with Gasteiger partial charge in [0.25, 0.3) is 10.0 Å². The SMILES string of the molecule is CCNC(=O)[C@@H](C)N(Cc1cccc(OC)c1)C(=O)CN(c1ccc(C)cc1)S(=O)(=O)c1ccc(F)cc1. The molecule has 0 fully saturated rings. The Morgan fingerprint density at radius 1 is 1.03 bits per heavy atom. The van der Waals surface area contributed by atoms with E-state index in [4.69, 9.17) is 4.74 Å². The molecule has 10 heteroatoms. The number of carbonyl (C=O) groups excluding carboxylic acids is 2. The van der Waals surface area contributed by atoms with Gasteiger partial charge in [0.1, 0.15) is 24.2 Å². The van der Waals surface area contributed by atoms with Crippen molar-refractivity contribution in [1.82, 2.24) is 10.2 Å². The summed E-state index contributed by atoms with van der Waals surface area (Å²) in [5, 5.41) is 2.72. The van der Waals surface area contributed by atoms with Crippen molar-refractivity contribution < 1.29 is 27.1 Å². The number of nitrogens with zero attached hydrogens (tertiary/aromatic N) is 2. The largest absolute Gasteiger partial charge is 0.497 e. The van der Waals surface area contributed by atoms with Gasteiger partial charge in [0.15, 0.2) is 0 Å². The lowest BCUT2D eigenvalue weighted by Crippen LogP contribution is -2.51. The molecule has 0 aromatic heterocycles. The minimum Gasteiger partial charge on any atom is -0.497 e. The van der Waals surface area contributed by atoms with E-state index in [1.165, 1.54) is 12.0 Å². The second-order valence-electron chi connectivity index (χ2n) is 8.74. The van der Waals surface area contributed by atoms with E-state index in [1.807, 2.05) is 6.92 Å². The number of anilines is 1. The normalized spacial score (nSPS) is 11.9. The zero-order chi connectivity index (χ0) is 27.9. The summed E-state index contributed by atoms with van der Waals surface area (Å²) in [6, 6.07) is 17.3. The van der Waals surface area contributed by atoms with Crippen LogP contribution in [0, 0.1) is 12.7 Å². The predicted octanol–water partition coefficient (Wildman–Crippen LogP) is 3.89. The first kappa shape index (κ1) is 28.6. The second kappa shape index (κ2) is 12.6. The van der Waals surface area contributed by atoms with Gasteiger partial charge in [0.2, 0.25) is 11.8 Å². The van der Waals surface area contributed by atoms with E-state index in [0.717, 1.165) is 34.1 Å². The molecule has 3 rings (SSSR count).